The lowest BCUT2D eigenvalue weighted by molar-refractivity contribution is -0.130. The van der Waals surface area contributed by atoms with Crippen LogP contribution in [-0.2, 0) is 14.3 Å². The fourth-order valence-corrected chi connectivity index (χ4v) is 2.33. The standard InChI is InChI=1S/C18H26N2O5/c1-18(2,3)25-17(22)20-13-6-4-7-14(12-13)23-11-9-19-16(21)15-8-5-10-24-15/h4,6-7,12,15H,5,8-11H2,1-3H3,(H,19,21)(H,20,22). The Labute approximate surface area is 148 Å². The van der Waals surface area contributed by atoms with Crippen molar-refractivity contribution < 1.29 is 23.8 Å². The van der Waals surface area contributed by atoms with E-state index in [0.29, 0.717) is 31.2 Å². The van der Waals surface area contributed by atoms with Crippen molar-refractivity contribution in [3.05, 3.63) is 24.3 Å². The molecule has 1 aliphatic rings. The van der Waals surface area contributed by atoms with E-state index in [-0.39, 0.29) is 12.0 Å². The molecule has 138 valence electrons. The second kappa shape index (κ2) is 8.71. The molecule has 0 radical (unpaired) electrons. The van der Waals surface area contributed by atoms with E-state index in [1.54, 1.807) is 45.0 Å². The summed E-state index contributed by atoms with van der Waals surface area (Å²) in [4.78, 5) is 23.6. The normalized spacial score (nSPS) is 17.0. The lowest BCUT2D eigenvalue weighted by atomic mass is 10.2. The molecular formula is C18H26N2O5. The monoisotopic (exact) mass is 350 g/mol. The van der Waals surface area contributed by atoms with Crippen LogP contribution in [0, 0.1) is 0 Å². The number of ether oxygens (including phenoxy) is 3. The zero-order valence-electron chi connectivity index (χ0n) is 15.0. The van der Waals surface area contributed by atoms with Gasteiger partial charge in [-0.15, -0.1) is 0 Å². The van der Waals surface area contributed by atoms with Crippen LogP contribution in [0.3, 0.4) is 0 Å². The SMILES string of the molecule is CC(C)(C)OC(=O)Nc1cccc(OCCNC(=O)C2CCCO2)c1. The smallest absolute Gasteiger partial charge is 0.412 e. The van der Waals surface area contributed by atoms with Crippen LogP contribution in [0.25, 0.3) is 0 Å². The number of carbonyl (C=O) groups excluding carboxylic acids is 2. The van der Waals surface area contributed by atoms with Crippen molar-refractivity contribution in [2.24, 2.45) is 0 Å². The average molecular weight is 350 g/mol. The van der Waals surface area contributed by atoms with Gasteiger partial charge in [-0.05, 0) is 45.7 Å². The van der Waals surface area contributed by atoms with Crippen LogP contribution in [-0.4, -0.2) is 43.5 Å². The van der Waals surface area contributed by atoms with Crippen molar-refractivity contribution in [2.75, 3.05) is 25.1 Å². The van der Waals surface area contributed by atoms with Gasteiger partial charge in [-0.25, -0.2) is 4.79 Å². The molecule has 0 spiro atoms. The van der Waals surface area contributed by atoms with Gasteiger partial charge in [0, 0.05) is 18.4 Å². The van der Waals surface area contributed by atoms with Gasteiger partial charge in [0.25, 0.3) is 0 Å². The van der Waals surface area contributed by atoms with Gasteiger partial charge in [-0.1, -0.05) is 6.07 Å². The molecule has 1 aromatic carbocycles. The van der Waals surface area contributed by atoms with Crippen molar-refractivity contribution in [3.8, 4) is 5.75 Å². The van der Waals surface area contributed by atoms with E-state index in [2.05, 4.69) is 10.6 Å². The van der Waals surface area contributed by atoms with E-state index in [1.807, 2.05) is 0 Å². The number of hydrogen-bond acceptors (Lipinski definition) is 5. The molecule has 1 heterocycles. The summed E-state index contributed by atoms with van der Waals surface area (Å²) in [6, 6.07) is 7.00. The summed E-state index contributed by atoms with van der Waals surface area (Å²) < 4.78 is 16.1. The Hall–Kier alpha value is -2.28. The first-order valence-corrected chi connectivity index (χ1v) is 8.46. The highest BCUT2D eigenvalue weighted by Gasteiger charge is 2.22. The van der Waals surface area contributed by atoms with Crippen LogP contribution < -0.4 is 15.4 Å². The molecule has 0 bridgehead atoms. The largest absolute Gasteiger partial charge is 0.492 e. The van der Waals surface area contributed by atoms with E-state index in [4.69, 9.17) is 14.2 Å². The van der Waals surface area contributed by atoms with Crippen molar-refractivity contribution in [2.45, 2.75) is 45.3 Å². The van der Waals surface area contributed by atoms with Gasteiger partial charge in [-0.3, -0.25) is 10.1 Å². The minimum absolute atomic E-state index is 0.0959. The molecule has 1 aliphatic heterocycles. The number of nitrogens with one attached hydrogen (secondary N) is 2. The lowest BCUT2D eigenvalue weighted by Crippen LogP contribution is -2.36. The van der Waals surface area contributed by atoms with Gasteiger partial charge < -0.3 is 19.5 Å². The fraction of sp³-hybridized carbons (Fsp3) is 0.556. The predicted molar refractivity (Wildman–Crippen MR) is 93.8 cm³/mol. The Balaban J connectivity index is 1.73. The maximum absolute atomic E-state index is 11.8. The molecule has 1 aromatic rings. The fourth-order valence-electron chi connectivity index (χ4n) is 2.33. The van der Waals surface area contributed by atoms with Gasteiger partial charge in [0.15, 0.2) is 0 Å². The van der Waals surface area contributed by atoms with E-state index in [9.17, 15) is 9.59 Å². The van der Waals surface area contributed by atoms with Crippen LogP contribution in [0.15, 0.2) is 24.3 Å². The molecule has 1 unspecified atom stereocenters. The van der Waals surface area contributed by atoms with Crippen molar-refractivity contribution in [3.63, 3.8) is 0 Å². The number of rotatable bonds is 6. The molecule has 2 N–H and O–H groups in total. The molecule has 0 aliphatic carbocycles. The second-order valence-corrected chi connectivity index (χ2v) is 6.80. The van der Waals surface area contributed by atoms with E-state index >= 15 is 0 Å². The molecule has 1 atom stereocenters. The zero-order chi connectivity index (χ0) is 18.3. The van der Waals surface area contributed by atoms with Gasteiger partial charge in [0.05, 0.1) is 6.54 Å². The molecule has 0 saturated carbocycles. The Bertz CT molecular complexity index is 591. The first kappa shape index (κ1) is 19.1. The minimum Gasteiger partial charge on any atom is -0.492 e. The molecule has 25 heavy (non-hydrogen) atoms. The van der Waals surface area contributed by atoms with Crippen LogP contribution >= 0.6 is 0 Å². The third-order valence-corrected chi connectivity index (χ3v) is 3.37. The van der Waals surface area contributed by atoms with Gasteiger partial charge >= 0.3 is 6.09 Å². The van der Waals surface area contributed by atoms with Crippen LogP contribution in [0.5, 0.6) is 5.75 Å². The summed E-state index contributed by atoms with van der Waals surface area (Å²) >= 11 is 0. The molecule has 1 saturated heterocycles. The summed E-state index contributed by atoms with van der Waals surface area (Å²) in [7, 11) is 0. The Morgan fingerprint density at radius 2 is 2.12 bits per heavy atom. The third kappa shape index (κ3) is 7.01. The summed E-state index contributed by atoms with van der Waals surface area (Å²) in [6.45, 7) is 6.77. The summed E-state index contributed by atoms with van der Waals surface area (Å²) in [6.07, 6.45) is 0.840. The van der Waals surface area contributed by atoms with Crippen molar-refractivity contribution in [1.82, 2.24) is 5.32 Å². The number of carbonyl (C=O) groups is 2. The van der Waals surface area contributed by atoms with Crippen molar-refractivity contribution >= 4 is 17.7 Å². The van der Waals surface area contributed by atoms with Crippen molar-refractivity contribution in [1.29, 1.82) is 0 Å². The first-order chi connectivity index (χ1) is 11.8. The Morgan fingerprint density at radius 3 is 2.80 bits per heavy atom. The topological polar surface area (TPSA) is 85.9 Å². The molecule has 2 rings (SSSR count). The Kier molecular flexibility index (Phi) is 6.64. The summed E-state index contributed by atoms with van der Waals surface area (Å²) in [5, 5.41) is 5.45. The number of benzene rings is 1. The number of anilines is 1. The molecule has 0 aromatic heterocycles. The van der Waals surface area contributed by atoms with Crippen LogP contribution in [0.1, 0.15) is 33.6 Å². The molecule has 2 amide bonds. The number of amides is 2. The average Bonchev–Trinajstić information content (AvgIpc) is 3.04. The van der Waals surface area contributed by atoms with Gasteiger partial charge in [-0.2, -0.15) is 0 Å². The maximum atomic E-state index is 11.8. The molecular weight excluding hydrogens is 324 g/mol. The van der Waals surface area contributed by atoms with Gasteiger partial charge in [0.2, 0.25) is 5.91 Å². The number of hydrogen-bond donors (Lipinski definition) is 2. The van der Waals surface area contributed by atoms with Gasteiger partial charge in [0.1, 0.15) is 24.1 Å². The van der Waals surface area contributed by atoms with Crippen LogP contribution in [0.4, 0.5) is 10.5 Å². The second-order valence-electron chi connectivity index (χ2n) is 6.80. The van der Waals surface area contributed by atoms with Crippen LogP contribution in [0.2, 0.25) is 0 Å². The predicted octanol–water partition coefficient (Wildman–Crippen LogP) is 2.71. The first-order valence-electron chi connectivity index (χ1n) is 8.46. The maximum Gasteiger partial charge on any atom is 0.412 e. The van der Waals surface area contributed by atoms with E-state index in [1.165, 1.54) is 0 Å². The van der Waals surface area contributed by atoms with E-state index in [0.717, 1.165) is 12.8 Å². The highest BCUT2D eigenvalue weighted by atomic mass is 16.6. The minimum atomic E-state index is -0.556. The molecule has 7 nitrogen and oxygen atoms in total. The zero-order valence-corrected chi connectivity index (χ0v) is 15.0. The van der Waals surface area contributed by atoms with E-state index < -0.39 is 11.7 Å². The third-order valence-electron chi connectivity index (χ3n) is 3.37. The molecule has 1 fully saturated rings. The lowest BCUT2D eigenvalue weighted by Gasteiger charge is -2.19. The quantitative estimate of drug-likeness (QED) is 0.771. The Morgan fingerprint density at radius 1 is 1.32 bits per heavy atom. The summed E-state index contributed by atoms with van der Waals surface area (Å²) in [5.41, 5.74) is 0.0227. The molecule has 7 heteroatoms. The highest BCUT2D eigenvalue weighted by molar-refractivity contribution is 5.85. The highest BCUT2D eigenvalue weighted by Crippen LogP contribution is 2.18. The summed E-state index contributed by atoms with van der Waals surface area (Å²) in [5.74, 6) is 0.501.